The lowest BCUT2D eigenvalue weighted by atomic mass is 9.93. The van der Waals surface area contributed by atoms with Crippen LogP contribution in [0.25, 0.3) is 0 Å². The Balaban J connectivity index is 3.35. The summed E-state index contributed by atoms with van der Waals surface area (Å²) in [6, 6.07) is 5.63. The molecule has 5 heteroatoms. The number of methoxy groups -OCH3 is 2. The molecule has 1 aromatic carbocycles. The van der Waals surface area contributed by atoms with Crippen molar-refractivity contribution >= 4 is 21.7 Å². The summed E-state index contributed by atoms with van der Waals surface area (Å²) in [6.07, 6.45) is 0.144. The van der Waals surface area contributed by atoms with Gasteiger partial charge in [-0.15, -0.1) is 0 Å². The van der Waals surface area contributed by atoms with E-state index in [1.807, 2.05) is 0 Å². The van der Waals surface area contributed by atoms with Crippen molar-refractivity contribution in [3.05, 3.63) is 22.2 Å². The molecule has 18 heavy (non-hydrogen) atoms. The highest BCUT2D eigenvalue weighted by Crippen LogP contribution is 2.39. The number of hydrogen-bond acceptors (Lipinski definition) is 4. The van der Waals surface area contributed by atoms with E-state index in [1.165, 1.54) is 21.1 Å². The van der Waals surface area contributed by atoms with E-state index in [-0.39, 0.29) is 12.2 Å². The van der Waals surface area contributed by atoms with Gasteiger partial charge in [0.05, 0.1) is 31.8 Å². The van der Waals surface area contributed by atoms with Gasteiger partial charge in [0.25, 0.3) is 0 Å². The van der Waals surface area contributed by atoms with Crippen LogP contribution in [-0.2, 0) is 4.79 Å². The van der Waals surface area contributed by atoms with Crippen LogP contribution < -0.4 is 9.47 Å². The zero-order chi connectivity index (χ0) is 13.7. The van der Waals surface area contributed by atoms with Gasteiger partial charge in [0.2, 0.25) is 0 Å². The fourth-order valence-corrected chi connectivity index (χ4v) is 2.17. The van der Waals surface area contributed by atoms with E-state index in [2.05, 4.69) is 22.0 Å². The number of Topliss-reactive ketones (excluding diaryl/α,β-unsaturated/α-hetero) is 1. The summed E-state index contributed by atoms with van der Waals surface area (Å²) in [6.45, 7) is 1.46. The minimum Gasteiger partial charge on any atom is -0.496 e. The molecule has 0 spiro atoms. The molecule has 0 radical (unpaired) electrons. The Hall–Kier alpha value is -1.54. The molecule has 0 N–H and O–H groups in total. The predicted molar refractivity (Wildman–Crippen MR) is 70.9 cm³/mol. The number of nitrogens with zero attached hydrogens (tertiary/aromatic N) is 1. The molecule has 1 aromatic rings. The fourth-order valence-electron chi connectivity index (χ4n) is 1.75. The number of nitriles is 1. The van der Waals surface area contributed by atoms with Crippen molar-refractivity contribution in [2.75, 3.05) is 14.2 Å². The Labute approximate surface area is 115 Å². The summed E-state index contributed by atoms with van der Waals surface area (Å²) in [5, 5.41) is 9.21. The van der Waals surface area contributed by atoms with Gasteiger partial charge >= 0.3 is 0 Å². The first-order chi connectivity index (χ1) is 8.53. The molecule has 0 saturated carbocycles. The molecule has 0 amide bonds. The van der Waals surface area contributed by atoms with E-state index < -0.39 is 5.92 Å². The zero-order valence-electron chi connectivity index (χ0n) is 10.5. The molecular weight excluding hydrogens is 298 g/mol. The zero-order valence-corrected chi connectivity index (χ0v) is 12.1. The molecule has 0 saturated heterocycles. The van der Waals surface area contributed by atoms with Gasteiger partial charge in [0, 0.05) is 10.9 Å². The van der Waals surface area contributed by atoms with Crippen LogP contribution in [0.4, 0.5) is 0 Å². The highest BCUT2D eigenvalue weighted by molar-refractivity contribution is 9.10. The van der Waals surface area contributed by atoms with Crippen LogP contribution in [0.3, 0.4) is 0 Å². The van der Waals surface area contributed by atoms with Gasteiger partial charge in [-0.2, -0.15) is 5.26 Å². The van der Waals surface area contributed by atoms with Crippen molar-refractivity contribution in [1.82, 2.24) is 0 Å². The van der Waals surface area contributed by atoms with Crippen molar-refractivity contribution in [1.29, 1.82) is 5.26 Å². The lowest BCUT2D eigenvalue weighted by Gasteiger charge is -2.17. The van der Waals surface area contributed by atoms with Gasteiger partial charge in [-0.1, -0.05) is 15.9 Å². The Morgan fingerprint density at radius 3 is 2.22 bits per heavy atom. The van der Waals surface area contributed by atoms with Crippen molar-refractivity contribution < 1.29 is 14.3 Å². The van der Waals surface area contributed by atoms with E-state index >= 15 is 0 Å². The molecule has 96 valence electrons. The second-order valence-corrected chi connectivity index (χ2v) is 4.73. The SMILES string of the molecule is COc1cc(Br)cc(OC)c1C(C#N)CC(C)=O. The molecule has 0 aliphatic carbocycles. The molecule has 1 unspecified atom stereocenters. The monoisotopic (exact) mass is 311 g/mol. The molecular formula is C13H14BrNO3. The van der Waals surface area contributed by atoms with Crippen molar-refractivity contribution in [2.24, 2.45) is 0 Å². The first-order valence-electron chi connectivity index (χ1n) is 5.34. The molecule has 0 heterocycles. The minimum atomic E-state index is -0.569. The number of carbonyl (C=O) groups excluding carboxylic acids is 1. The summed E-state index contributed by atoms with van der Waals surface area (Å²) in [5.74, 6) is 0.456. The van der Waals surface area contributed by atoms with E-state index in [9.17, 15) is 10.1 Å². The standard InChI is InChI=1S/C13H14BrNO3/c1-8(16)4-9(7-15)13-11(17-2)5-10(14)6-12(13)18-3/h5-6,9H,4H2,1-3H3. The van der Waals surface area contributed by atoms with Gasteiger partial charge in [-0.25, -0.2) is 0 Å². The van der Waals surface area contributed by atoms with E-state index in [0.717, 1.165) is 4.47 Å². The van der Waals surface area contributed by atoms with Crippen LogP contribution in [0.5, 0.6) is 11.5 Å². The van der Waals surface area contributed by atoms with Crippen molar-refractivity contribution in [3.8, 4) is 17.6 Å². The normalized spacial score (nSPS) is 11.5. The smallest absolute Gasteiger partial charge is 0.131 e. The van der Waals surface area contributed by atoms with Crippen LogP contribution in [0.1, 0.15) is 24.8 Å². The lowest BCUT2D eigenvalue weighted by Crippen LogP contribution is -2.06. The Bertz CT molecular complexity index is 468. The number of hydrogen-bond donors (Lipinski definition) is 0. The highest BCUT2D eigenvalue weighted by Gasteiger charge is 2.23. The number of carbonyl (C=O) groups is 1. The van der Waals surface area contributed by atoms with Gasteiger partial charge in [0.15, 0.2) is 0 Å². The maximum atomic E-state index is 11.2. The summed E-state index contributed by atoms with van der Waals surface area (Å²) in [7, 11) is 3.04. The second-order valence-electron chi connectivity index (χ2n) is 3.81. The molecule has 0 fully saturated rings. The maximum absolute atomic E-state index is 11.2. The van der Waals surface area contributed by atoms with Crippen LogP contribution in [0, 0.1) is 11.3 Å². The number of benzene rings is 1. The van der Waals surface area contributed by atoms with Gasteiger partial charge in [-0.05, 0) is 19.1 Å². The number of ketones is 1. The van der Waals surface area contributed by atoms with Crippen molar-refractivity contribution in [3.63, 3.8) is 0 Å². The number of ether oxygens (including phenoxy) is 2. The maximum Gasteiger partial charge on any atom is 0.131 e. The first kappa shape index (κ1) is 14.5. The first-order valence-corrected chi connectivity index (χ1v) is 6.13. The summed E-state index contributed by atoms with van der Waals surface area (Å²) < 4.78 is 11.3. The predicted octanol–water partition coefficient (Wildman–Crippen LogP) is 3.05. The quantitative estimate of drug-likeness (QED) is 0.838. The molecule has 1 atom stereocenters. The Morgan fingerprint density at radius 1 is 1.39 bits per heavy atom. The van der Waals surface area contributed by atoms with Crippen molar-refractivity contribution in [2.45, 2.75) is 19.3 Å². The van der Waals surface area contributed by atoms with E-state index in [4.69, 9.17) is 9.47 Å². The molecule has 0 aliphatic heterocycles. The minimum absolute atomic E-state index is 0.0476. The molecule has 0 aromatic heterocycles. The van der Waals surface area contributed by atoms with Crippen LogP contribution in [0.2, 0.25) is 0 Å². The summed E-state index contributed by atoms with van der Waals surface area (Å²) >= 11 is 3.34. The molecule has 0 aliphatic rings. The molecule has 4 nitrogen and oxygen atoms in total. The third-order valence-corrected chi connectivity index (χ3v) is 2.96. The van der Waals surface area contributed by atoms with E-state index in [0.29, 0.717) is 17.1 Å². The third kappa shape index (κ3) is 3.23. The average molecular weight is 312 g/mol. The fraction of sp³-hybridized carbons (Fsp3) is 0.385. The average Bonchev–Trinajstić information content (AvgIpc) is 2.34. The Kier molecular flexibility index (Phi) is 5.17. The topological polar surface area (TPSA) is 59.3 Å². The summed E-state index contributed by atoms with van der Waals surface area (Å²) in [4.78, 5) is 11.2. The largest absolute Gasteiger partial charge is 0.496 e. The lowest BCUT2D eigenvalue weighted by molar-refractivity contribution is -0.117. The molecule has 1 rings (SSSR count). The Morgan fingerprint density at radius 2 is 1.89 bits per heavy atom. The second kappa shape index (κ2) is 6.41. The van der Waals surface area contributed by atoms with Crippen LogP contribution in [-0.4, -0.2) is 20.0 Å². The highest BCUT2D eigenvalue weighted by atomic mass is 79.9. The number of halogens is 1. The summed E-state index contributed by atoms with van der Waals surface area (Å²) in [5.41, 5.74) is 0.612. The van der Waals surface area contributed by atoms with E-state index in [1.54, 1.807) is 12.1 Å². The number of rotatable bonds is 5. The van der Waals surface area contributed by atoms with Crippen LogP contribution >= 0.6 is 15.9 Å². The van der Waals surface area contributed by atoms with Gasteiger partial charge < -0.3 is 9.47 Å². The van der Waals surface area contributed by atoms with Crippen LogP contribution in [0.15, 0.2) is 16.6 Å². The van der Waals surface area contributed by atoms with Gasteiger partial charge in [0.1, 0.15) is 17.3 Å². The van der Waals surface area contributed by atoms with Gasteiger partial charge in [-0.3, -0.25) is 4.79 Å². The third-order valence-electron chi connectivity index (χ3n) is 2.50. The molecule has 0 bridgehead atoms.